The maximum atomic E-state index is 14.6. The summed E-state index contributed by atoms with van der Waals surface area (Å²) in [5.74, 6) is -39.0. The predicted molar refractivity (Wildman–Crippen MR) is 77.3 cm³/mol. The van der Waals surface area contributed by atoms with Crippen LogP contribution in [0, 0.1) is 5.92 Å². The van der Waals surface area contributed by atoms with Crippen molar-refractivity contribution in [3.05, 3.63) is 0 Å². The average Bonchev–Trinajstić information content (AvgIpc) is 3.14. The van der Waals surface area contributed by atoms with Gasteiger partial charge in [-0.05, 0) is 38.8 Å². The molecule has 1 aliphatic carbocycles. The molecule has 178 valence electrons. The van der Waals surface area contributed by atoms with Gasteiger partial charge in [0.1, 0.15) is 0 Å². The van der Waals surface area contributed by atoms with Crippen molar-refractivity contribution in [2.75, 3.05) is 13.1 Å². The van der Waals surface area contributed by atoms with Crippen LogP contribution < -0.4 is 0 Å². The Hall–Kier alpha value is -0.950. The number of hydrogen-bond acceptors (Lipinski definition) is 1. The molecule has 0 radical (unpaired) electrons. The lowest BCUT2D eigenvalue weighted by Crippen LogP contribution is -2.72. The summed E-state index contributed by atoms with van der Waals surface area (Å²) in [6, 6.07) is -1.42. The number of hydrogen-bond donors (Lipinski definition) is 0. The molecule has 30 heavy (non-hydrogen) atoms. The van der Waals surface area contributed by atoms with Crippen LogP contribution in [0.4, 0.5) is 57.1 Å². The molecule has 2 fully saturated rings. The van der Waals surface area contributed by atoms with Crippen molar-refractivity contribution in [2.45, 2.75) is 80.4 Å². The summed E-state index contributed by atoms with van der Waals surface area (Å²) in [5, 5.41) is 0. The van der Waals surface area contributed by atoms with Gasteiger partial charge in [0, 0.05) is 12.0 Å². The van der Waals surface area contributed by atoms with Crippen molar-refractivity contribution in [1.29, 1.82) is 0 Å². The molecule has 1 heterocycles. The van der Waals surface area contributed by atoms with Gasteiger partial charge in [-0.2, -0.15) is 57.1 Å². The Morgan fingerprint density at radius 1 is 0.500 bits per heavy atom. The molecule has 0 aromatic carbocycles. The van der Waals surface area contributed by atoms with Gasteiger partial charge >= 0.3 is 35.8 Å². The third kappa shape index (κ3) is 3.54. The van der Waals surface area contributed by atoms with Crippen LogP contribution in [0.25, 0.3) is 0 Å². The summed E-state index contributed by atoms with van der Waals surface area (Å²) < 4.78 is 174. The van der Waals surface area contributed by atoms with E-state index in [0.717, 1.165) is 0 Å². The van der Waals surface area contributed by atoms with E-state index in [4.69, 9.17) is 0 Å². The molecule has 1 saturated heterocycles. The Bertz CT molecular complexity index is 607. The van der Waals surface area contributed by atoms with Crippen LogP contribution in [0.1, 0.15) is 38.5 Å². The van der Waals surface area contributed by atoms with Crippen molar-refractivity contribution in [3.63, 3.8) is 0 Å². The number of nitrogens with zero attached hydrogens (tertiary/aromatic N) is 1. The van der Waals surface area contributed by atoms with Crippen molar-refractivity contribution >= 4 is 0 Å². The van der Waals surface area contributed by atoms with Crippen LogP contribution in [0.2, 0.25) is 0 Å². The molecule has 0 aromatic heterocycles. The van der Waals surface area contributed by atoms with Gasteiger partial charge in [-0.3, -0.25) is 4.90 Å². The van der Waals surface area contributed by atoms with Crippen LogP contribution in [-0.4, -0.2) is 59.8 Å². The van der Waals surface area contributed by atoms with Crippen molar-refractivity contribution in [1.82, 2.24) is 4.90 Å². The molecular formula is C16H18F13N. The van der Waals surface area contributed by atoms with E-state index in [0.29, 0.717) is 12.8 Å². The summed E-state index contributed by atoms with van der Waals surface area (Å²) in [7, 11) is 0. The number of rotatable bonds is 6. The lowest BCUT2D eigenvalue weighted by atomic mass is 9.75. The summed E-state index contributed by atoms with van der Waals surface area (Å²) in [4.78, 5) is 1.30. The van der Waals surface area contributed by atoms with E-state index in [9.17, 15) is 57.1 Å². The zero-order valence-corrected chi connectivity index (χ0v) is 15.2. The summed E-state index contributed by atoms with van der Waals surface area (Å²) in [5.41, 5.74) is 0. The van der Waals surface area contributed by atoms with Crippen molar-refractivity contribution in [3.8, 4) is 0 Å². The van der Waals surface area contributed by atoms with Gasteiger partial charge in [-0.25, -0.2) is 0 Å². The predicted octanol–water partition coefficient (Wildman–Crippen LogP) is 6.38. The van der Waals surface area contributed by atoms with Crippen molar-refractivity contribution in [2.24, 2.45) is 5.92 Å². The Morgan fingerprint density at radius 3 is 1.40 bits per heavy atom. The van der Waals surface area contributed by atoms with Crippen LogP contribution in [0.3, 0.4) is 0 Å². The number of halogens is 13. The lowest BCUT2D eigenvalue weighted by molar-refractivity contribution is -0.444. The second-order valence-electron chi connectivity index (χ2n) is 7.62. The number of alkyl halides is 13. The van der Waals surface area contributed by atoms with Gasteiger partial charge < -0.3 is 0 Å². The minimum absolute atomic E-state index is 0.151. The molecule has 1 aliphatic heterocycles. The molecule has 1 saturated carbocycles. The molecule has 0 N–H and O–H groups in total. The highest BCUT2D eigenvalue weighted by Crippen LogP contribution is 2.62. The van der Waals surface area contributed by atoms with Crippen LogP contribution in [-0.2, 0) is 0 Å². The standard InChI is InChI=1S/C16H18F13N/c17-11(18,9-5-1-2-6-10(9)30-7-3-4-8-30)12(19,20)13(21,22)14(23,24)15(25,26)16(27,28)29/h9-10H,1-8H2. The fourth-order valence-corrected chi connectivity index (χ4v) is 4.06. The monoisotopic (exact) mass is 471 g/mol. The largest absolute Gasteiger partial charge is 0.460 e. The highest BCUT2D eigenvalue weighted by Gasteiger charge is 2.91. The molecule has 1 nitrogen and oxygen atoms in total. The maximum Gasteiger partial charge on any atom is 0.460 e. The molecule has 2 atom stereocenters. The zero-order valence-electron chi connectivity index (χ0n) is 15.2. The molecule has 2 aliphatic rings. The van der Waals surface area contributed by atoms with E-state index in [2.05, 4.69) is 0 Å². The van der Waals surface area contributed by atoms with Gasteiger partial charge in [0.25, 0.3) is 0 Å². The highest BCUT2D eigenvalue weighted by atomic mass is 19.4. The first kappa shape index (κ1) is 25.3. The van der Waals surface area contributed by atoms with Crippen LogP contribution >= 0.6 is 0 Å². The SMILES string of the molecule is FC(F)(F)C(F)(F)C(F)(F)C(F)(F)C(F)(F)C(F)(F)C1CCCCC1N1CCCC1. The topological polar surface area (TPSA) is 3.24 Å². The van der Waals surface area contributed by atoms with E-state index >= 15 is 0 Å². The van der Waals surface area contributed by atoms with E-state index in [1.807, 2.05) is 0 Å². The summed E-state index contributed by atoms with van der Waals surface area (Å²) >= 11 is 0. The molecular weight excluding hydrogens is 453 g/mol. The lowest BCUT2D eigenvalue weighted by Gasteiger charge is -2.46. The van der Waals surface area contributed by atoms with E-state index in [1.54, 1.807) is 0 Å². The number of likely N-dealkylation sites (tertiary alicyclic amines) is 1. The van der Waals surface area contributed by atoms with Gasteiger partial charge in [0.15, 0.2) is 0 Å². The molecule has 2 unspecified atom stereocenters. The van der Waals surface area contributed by atoms with E-state index in [1.165, 1.54) is 4.90 Å². The summed E-state index contributed by atoms with van der Waals surface area (Å²) in [6.45, 7) is 0.309. The first-order valence-corrected chi connectivity index (χ1v) is 9.04. The Morgan fingerprint density at radius 2 is 0.933 bits per heavy atom. The second-order valence-corrected chi connectivity index (χ2v) is 7.62. The fraction of sp³-hybridized carbons (Fsp3) is 1.00. The third-order valence-electron chi connectivity index (χ3n) is 5.76. The van der Waals surface area contributed by atoms with Crippen LogP contribution in [0.5, 0.6) is 0 Å². The molecule has 0 spiro atoms. The minimum atomic E-state index is -7.83. The van der Waals surface area contributed by atoms with Gasteiger partial charge in [0.2, 0.25) is 0 Å². The quantitative estimate of drug-likeness (QED) is 0.407. The third-order valence-corrected chi connectivity index (χ3v) is 5.76. The molecule has 0 amide bonds. The van der Waals surface area contributed by atoms with Gasteiger partial charge in [-0.15, -0.1) is 0 Å². The Balaban J connectivity index is 2.47. The molecule has 0 aromatic rings. The van der Waals surface area contributed by atoms with E-state index in [-0.39, 0.29) is 32.4 Å². The minimum Gasteiger partial charge on any atom is -0.300 e. The maximum absolute atomic E-state index is 14.6. The molecule has 0 bridgehead atoms. The van der Waals surface area contributed by atoms with Gasteiger partial charge in [-0.1, -0.05) is 12.8 Å². The summed E-state index contributed by atoms with van der Waals surface area (Å²) in [6.07, 6.45) is -7.28. The Kier molecular flexibility index (Phi) is 6.39. The first-order valence-electron chi connectivity index (χ1n) is 9.04. The van der Waals surface area contributed by atoms with Crippen LogP contribution in [0.15, 0.2) is 0 Å². The van der Waals surface area contributed by atoms with Crippen molar-refractivity contribution < 1.29 is 57.1 Å². The molecule has 14 heteroatoms. The highest BCUT2D eigenvalue weighted by molar-refractivity contribution is 5.12. The zero-order chi connectivity index (χ0) is 23.4. The van der Waals surface area contributed by atoms with E-state index < -0.39 is 54.2 Å². The smallest absolute Gasteiger partial charge is 0.300 e. The normalized spacial score (nSPS) is 26.3. The Labute approximate surface area is 162 Å². The first-order chi connectivity index (χ1) is 13.3. The second kappa shape index (κ2) is 7.58. The fourth-order valence-electron chi connectivity index (χ4n) is 4.06. The molecule has 2 rings (SSSR count). The van der Waals surface area contributed by atoms with Gasteiger partial charge in [0.05, 0.1) is 0 Å². The average molecular weight is 471 g/mol.